The van der Waals surface area contributed by atoms with Crippen LogP contribution in [-0.4, -0.2) is 22.5 Å². The van der Waals surface area contributed by atoms with E-state index >= 15 is 0 Å². The summed E-state index contributed by atoms with van der Waals surface area (Å²) in [5.74, 6) is 1.72. The van der Waals surface area contributed by atoms with Crippen molar-refractivity contribution in [1.82, 2.24) is 10.1 Å². The van der Waals surface area contributed by atoms with E-state index in [-0.39, 0.29) is 5.91 Å². The molecule has 3 rings (SSSR count). The molecule has 1 aromatic heterocycles. The third-order valence-corrected chi connectivity index (χ3v) is 4.18. The molecule has 2 heterocycles. The van der Waals surface area contributed by atoms with Crippen LogP contribution in [0.1, 0.15) is 43.2 Å². The van der Waals surface area contributed by atoms with Crippen molar-refractivity contribution in [1.29, 1.82) is 0 Å². The van der Waals surface area contributed by atoms with Gasteiger partial charge in [-0.05, 0) is 23.8 Å². The number of aromatic nitrogens is 1. The van der Waals surface area contributed by atoms with Crippen LogP contribution in [-0.2, 0) is 17.8 Å². The van der Waals surface area contributed by atoms with Crippen molar-refractivity contribution in [2.75, 3.05) is 6.54 Å². The molecule has 1 aliphatic heterocycles. The highest BCUT2D eigenvalue weighted by Gasteiger charge is 2.30. The van der Waals surface area contributed by atoms with Gasteiger partial charge in [0.15, 0.2) is 5.76 Å². The molecule has 0 unspecified atom stereocenters. The number of carbonyl (C=O) groups excluding carboxylic acids is 1. The van der Waals surface area contributed by atoms with E-state index in [0.29, 0.717) is 24.8 Å². The van der Waals surface area contributed by atoms with Crippen molar-refractivity contribution in [3.63, 3.8) is 0 Å². The molecule has 0 radical (unpaired) electrons. The van der Waals surface area contributed by atoms with E-state index in [2.05, 4.69) is 31.1 Å². The van der Waals surface area contributed by atoms with Crippen LogP contribution < -0.4 is 0 Å². The first-order valence-electron chi connectivity index (χ1n) is 7.89. The molecule has 1 aliphatic rings. The molecular formula is C18H22N2O2. The maximum atomic E-state index is 12.2. The maximum absolute atomic E-state index is 12.2. The number of amides is 1. The molecule has 0 N–H and O–H groups in total. The van der Waals surface area contributed by atoms with Crippen LogP contribution in [0.5, 0.6) is 0 Å². The monoisotopic (exact) mass is 298 g/mol. The topological polar surface area (TPSA) is 46.3 Å². The van der Waals surface area contributed by atoms with Crippen molar-refractivity contribution in [3.05, 3.63) is 53.4 Å². The van der Waals surface area contributed by atoms with Crippen LogP contribution in [0.25, 0.3) is 0 Å². The van der Waals surface area contributed by atoms with Gasteiger partial charge in [0.1, 0.15) is 0 Å². The van der Waals surface area contributed by atoms with Gasteiger partial charge in [-0.15, -0.1) is 0 Å². The summed E-state index contributed by atoms with van der Waals surface area (Å²) in [6.45, 7) is 5.49. The van der Waals surface area contributed by atoms with E-state index < -0.39 is 0 Å². The number of likely N-dealkylation sites (tertiary alicyclic amines) is 1. The lowest BCUT2D eigenvalue weighted by molar-refractivity contribution is -0.128. The van der Waals surface area contributed by atoms with Crippen molar-refractivity contribution < 1.29 is 9.32 Å². The standard InChI is InChI=1S/C18H22N2O2/c1-13(2)17-10-16(22-19-17)12-20-11-15(9-18(20)21)8-14-6-4-3-5-7-14/h3-7,10,13,15H,8-9,11-12H2,1-2H3/t15-/m1/s1. The van der Waals surface area contributed by atoms with Gasteiger partial charge in [0.25, 0.3) is 0 Å². The van der Waals surface area contributed by atoms with Gasteiger partial charge >= 0.3 is 0 Å². The van der Waals surface area contributed by atoms with Crippen molar-refractivity contribution in [2.45, 2.75) is 39.2 Å². The number of rotatable bonds is 5. The molecule has 1 amide bonds. The number of carbonyl (C=O) groups is 1. The van der Waals surface area contributed by atoms with E-state index in [0.717, 1.165) is 24.4 Å². The number of hydrogen-bond donors (Lipinski definition) is 0. The Labute approximate surface area is 131 Å². The van der Waals surface area contributed by atoms with E-state index in [1.165, 1.54) is 5.56 Å². The van der Waals surface area contributed by atoms with Gasteiger partial charge in [-0.3, -0.25) is 4.79 Å². The van der Waals surface area contributed by atoms with Gasteiger partial charge in [-0.2, -0.15) is 0 Å². The molecule has 2 aromatic rings. The largest absolute Gasteiger partial charge is 0.359 e. The first-order valence-corrected chi connectivity index (χ1v) is 7.89. The first-order chi connectivity index (χ1) is 10.6. The van der Waals surface area contributed by atoms with E-state index in [1.807, 2.05) is 29.2 Å². The van der Waals surface area contributed by atoms with Gasteiger partial charge in [0.05, 0.1) is 12.2 Å². The summed E-state index contributed by atoms with van der Waals surface area (Å²) in [6, 6.07) is 12.3. The van der Waals surface area contributed by atoms with Crippen LogP contribution in [0.3, 0.4) is 0 Å². The number of nitrogens with zero attached hydrogens (tertiary/aromatic N) is 2. The summed E-state index contributed by atoms with van der Waals surface area (Å²) in [5, 5.41) is 4.06. The Morgan fingerprint density at radius 2 is 2.09 bits per heavy atom. The zero-order chi connectivity index (χ0) is 15.5. The Morgan fingerprint density at radius 1 is 1.32 bits per heavy atom. The highest BCUT2D eigenvalue weighted by molar-refractivity contribution is 5.78. The zero-order valence-electron chi connectivity index (χ0n) is 13.2. The summed E-state index contributed by atoms with van der Waals surface area (Å²) in [4.78, 5) is 14.1. The fourth-order valence-electron chi connectivity index (χ4n) is 2.95. The summed E-state index contributed by atoms with van der Waals surface area (Å²) in [7, 11) is 0. The fraction of sp³-hybridized carbons (Fsp3) is 0.444. The second-order valence-corrected chi connectivity index (χ2v) is 6.41. The molecule has 4 nitrogen and oxygen atoms in total. The quantitative estimate of drug-likeness (QED) is 0.850. The average Bonchev–Trinajstić information content (AvgIpc) is 3.08. The van der Waals surface area contributed by atoms with Crippen LogP contribution in [0.2, 0.25) is 0 Å². The summed E-state index contributed by atoms with van der Waals surface area (Å²) in [6.07, 6.45) is 1.58. The highest BCUT2D eigenvalue weighted by atomic mass is 16.5. The molecule has 22 heavy (non-hydrogen) atoms. The first kappa shape index (κ1) is 14.8. The summed E-state index contributed by atoms with van der Waals surface area (Å²) >= 11 is 0. The molecule has 1 saturated heterocycles. The Hall–Kier alpha value is -2.10. The maximum Gasteiger partial charge on any atom is 0.223 e. The molecule has 116 valence electrons. The van der Waals surface area contributed by atoms with Crippen LogP contribution in [0.15, 0.2) is 40.9 Å². The lowest BCUT2D eigenvalue weighted by atomic mass is 9.99. The third-order valence-electron chi connectivity index (χ3n) is 4.18. The van der Waals surface area contributed by atoms with Crippen LogP contribution in [0, 0.1) is 5.92 Å². The molecular weight excluding hydrogens is 276 g/mol. The van der Waals surface area contributed by atoms with Gasteiger partial charge in [0.2, 0.25) is 5.91 Å². The molecule has 1 aromatic carbocycles. The van der Waals surface area contributed by atoms with Gasteiger partial charge in [0, 0.05) is 19.0 Å². The second-order valence-electron chi connectivity index (χ2n) is 6.41. The van der Waals surface area contributed by atoms with Gasteiger partial charge < -0.3 is 9.42 Å². The van der Waals surface area contributed by atoms with Gasteiger partial charge in [-0.1, -0.05) is 49.3 Å². The SMILES string of the molecule is CC(C)c1cc(CN2C[C@H](Cc3ccccc3)CC2=O)on1. The Bertz CT molecular complexity index is 634. The number of hydrogen-bond acceptors (Lipinski definition) is 3. The van der Waals surface area contributed by atoms with Gasteiger partial charge in [-0.25, -0.2) is 0 Å². The smallest absolute Gasteiger partial charge is 0.223 e. The highest BCUT2D eigenvalue weighted by Crippen LogP contribution is 2.24. The Morgan fingerprint density at radius 3 is 2.77 bits per heavy atom. The minimum absolute atomic E-state index is 0.212. The Balaban J connectivity index is 1.59. The minimum Gasteiger partial charge on any atom is -0.359 e. The lowest BCUT2D eigenvalue weighted by Gasteiger charge is -2.14. The molecule has 0 saturated carbocycles. The average molecular weight is 298 g/mol. The number of benzene rings is 1. The molecule has 4 heteroatoms. The molecule has 1 atom stereocenters. The van der Waals surface area contributed by atoms with Crippen LogP contribution in [0.4, 0.5) is 0 Å². The Kier molecular flexibility index (Phi) is 4.27. The molecule has 1 fully saturated rings. The summed E-state index contributed by atoms with van der Waals surface area (Å²) < 4.78 is 5.35. The molecule has 0 spiro atoms. The predicted octanol–water partition coefficient (Wildman–Crippen LogP) is 3.39. The molecule has 0 bridgehead atoms. The van der Waals surface area contributed by atoms with Crippen molar-refractivity contribution in [2.24, 2.45) is 5.92 Å². The summed E-state index contributed by atoms with van der Waals surface area (Å²) in [5.41, 5.74) is 2.24. The fourth-order valence-corrected chi connectivity index (χ4v) is 2.95. The normalized spacial score (nSPS) is 18.4. The van der Waals surface area contributed by atoms with E-state index in [1.54, 1.807) is 0 Å². The van der Waals surface area contributed by atoms with Crippen molar-refractivity contribution >= 4 is 5.91 Å². The van der Waals surface area contributed by atoms with Crippen LogP contribution >= 0.6 is 0 Å². The van der Waals surface area contributed by atoms with E-state index in [4.69, 9.17) is 4.52 Å². The minimum atomic E-state index is 0.212. The zero-order valence-corrected chi connectivity index (χ0v) is 13.2. The third kappa shape index (κ3) is 3.38. The molecule has 0 aliphatic carbocycles. The second kappa shape index (κ2) is 6.34. The van der Waals surface area contributed by atoms with Crippen molar-refractivity contribution in [3.8, 4) is 0 Å². The lowest BCUT2D eigenvalue weighted by Crippen LogP contribution is -2.24. The van der Waals surface area contributed by atoms with E-state index in [9.17, 15) is 4.79 Å². The predicted molar refractivity (Wildman–Crippen MR) is 84.3 cm³/mol.